The average Bonchev–Trinajstić information content (AvgIpc) is 3.68. The summed E-state index contributed by atoms with van der Waals surface area (Å²) in [6.45, 7) is 0. The third-order valence-corrected chi connectivity index (χ3v) is 9.37. The van der Waals surface area contributed by atoms with Crippen LogP contribution in [0.1, 0.15) is 11.1 Å². The van der Waals surface area contributed by atoms with E-state index in [1.165, 1.54) is 21.8 Å². The second kappa shape index (κ2) is 10.9. The molecule has 0 aliphatic carbocycles. The Morgan fingerprint density at radius 3 is 1.81 bits per heavy atom. The average molecular weight is 611 g/mol. The molecule has 0 aliphatic heterocycles. The molecule has 2 heterocycles. The zero-order chi connectivity index (χ0) is 32.2. The molecule has 2 aromatic heterocycles. The van der Waals surface area contributed by atoms with Crippen molar-refractivity contribution in [2.45, 2.75) is 0 Å². The largest absolute Gasteiger partial charge is 0.309 e. The third-order valence-electron chi connectivity index (χ3n) is 9.37. The van der Waals surface area contributed by atoms with E-state index in [1.807, 2.05) is 42.5 Å². The van der Waals surface area contributed by atoms with Crippen LogP contribution in [0.3, 0.4) is 0 Å². The van der Waals surface area contributed by atoms with Crippen molar-refractivity contribution in [2.24, 2.45) is 0 Å². The highest BCUT2D eigenvalue weighted by molar-refractivity contribution is 6.17. The number of hydrogen-bond acceptors (Lipinski definition) is 2. The number of benzene rings is 7. The Morgan fingerprint density at radius 2 is 1.00 bits per heavy atom. The van der Waals surface area contributed by atoms with Gasteiger partial charge in [0.05, 0.1) is 45.3 Å². The van der Waals surface area contributed by atoms with Crippen LogP contribution in [-0.4, -0.2) is 9.13 Å². The molecule has 222 valence electrons. The minimum atomic E-state index is 0.616. The Hall–Kier alpha value is -6.88. The number of hydrogen-bond donors (Lipinski definition) is 0. The number of rotatable bonds is 4. The molecule has 4 heteroatoms. The highest BCUT2D eigenvalue weighted by Crippen LogP contribution is 2.42. The van der Waals surface area contributed by atoms with Crippen molar-refractivity contribution in [1.29, 1.82) is 10.5 Å². The van der Waals surface area contributed by atoms with Gasteiger partial charge in [-0.2, -0.15) is 10.5 Å². The zero-order valence-electron chi connectivity index (χ0n) is 25.8. The monoisotopic (exact) mass is 610 g/mol. The molecule has 0 aliphatic rings. The molecule has 0 fully saturated rings. The molecule has 0 unspecified atom stereocenters. The number of para-hydroxylation sites is 3. The molecule has 9 aromatic rings. The molecule has 7 aromatic carbocycles. The van der Waals surface area contributed by atoms with Crippen molar-refractivity contribution in [3.63, 3.8) is 0 Å². The topological polar surface area (TPSA) is 57.4 Å². The summed E-state index contributed by atoms with van der Waals surface area (Å²) in [5.41, 5.74) is 12.2. The second-order valence-electron chi connectivity index (χ2n) is 12.0. The van der Waals surface area contributed by atoms with Gasteiger partial charge in [0.15, 0.2) is 0 Å². The van der Waals surface area contributed by atoms with E-state index in [9.17, 15) is 10.5 Å². The molecule has 0 spiro atoms. The van der Waals surface area contributed by atoms with Crippen molar-refractivity contribution in [1.82, 2.24) is 9.13 Å². The molecular formula is C44H26N4. The molecule has 0 saturated carbocycles. The maximum atomic E-state index is 9.85. The first-order chi connectivity index (χ1) is 23.7. The van der Waals surface area contributed by atoms with E-state index in [2.05, 4.69) is 137 Å². The standard InChI is InChI=1S/C44H26N4/c45-27-29-19-22-34(23-20-29)47-41-24-21-30(28-46)25-39(41)43-35(14-8-18-42(43)47)31-9-6-10-32(26-31)36-15-7-16-38-37-13-4-5-17-40(37)48(44(36)38)33-11-2-1-3-12-33/h1-26H. The summed E-state index contributed by atoms with van der Waals surface area (Å²) < 4.78 is 4.60. The van der Waals surface area contributed by atoms with E-state index in [1.54, 1.807) is 0 Å². The minimum absolute atomic E-state index is 0.616. The summed E-state index contributed by atoms with van der Waals surface area (Å²) in [4.78, 5) is 0. The quantitative estimate of drug-likeness (QED) is 0.199. The number of nitrogens with zero attached hydrogens (tertiary/aromatic N) is 4. The highest BCUT2D eigenvalue weighted by Gasteiger charge is 2.19. The molecule has 0 atom stereocenters. The summed E-state index contributed by atoms with van der Waals surface area (Å²) in [7, 11) is 0. The Balaban J connectivity index is 1.30. The number of nitriles is 2. The normalized spacial score (nSPS) is 11.3. The molecule has 0 radical (unpaired) electrons. The van der Waals surface area contributed by atoms with Crippen molar-refractivity contribution in [2.75, 3.05) is 0 Å². The van der Waals surface area contributed by atoms with Gasteiger partial charge in [0, 0.05) is 38.5 Å². The van der Waals surface area contributed by atoms with Gasteiger partial charge in [-0.25, -0.2) is 0 Å². The van der Waals surface area contributed by atoms with Crippen LogP contribution in [0, 0.1) is 22.7 Å². The van der Waals surface area contributed by atoms with Gasteiger partial charge in [0.2, 0.25) is 0 Å². The van der Waals surface area contributed by atoms with E-state index in [0.717, 1.165) is 55.4 Å². The molecule has 0 amide bonds. The Kier molecular flexibility index (Phi) is 6.22. The lowest BCUT2D eigenvalue weighted by Gasteiger charge is -2.13. The van der Waals surface area contributed by atoms with Crippen LogP contribution in [0.25, 0.3) is 77.2 Å². The molecule has 4 nitrogen and oxygen atoms in total. The number of aromatic nitrogens is 2. The summed E-state index contributed by atoms with van der Waals surface area (Å²) >= 11 is 0. The van der Waals surface area contributed by atoms with Gasteiger partial charge in [-0.3, -0.25) is 0 Å². The van der Waals surface area contributed by atoms with Crippen molar-refractivity contribution < 1.29 is 0 Å². The second-order valence-corrected chi connectivity index (χ2v) is 12.0. The van der Waals surface area contributed by atoms with Gasteiger partial charge >= 0.3 is 0 Å². The first-order valence-electron chi connectivity index (χ1n) is 15.9. The maximum absolute atomic E-state index is 9.85. The molecule has 0 saturated heterocycles. The van der Waals surface area contributed by atoms with E-state index in [-0.39, 0.29) is 0 Å². The van der Waals surface area contributed by atoms with Crippen LogP contribution in [0.5, 0.6) is 0 Å². The van der Waals surface area contributed by atoms with E-state index < -0.39 is 0 Å². The third kappa shape index (κ3) is 4.14. The van der Waals surface area contributed by atoms with E-state index in [4.69, 9.17) is 0 Å². The zero-order valence-corrected chi connectivity index (χ0v) is 25.8. The Bertz CT molecular complexity index is 2790. The Labute approximate surface area is 277 Å². The first kappa shape index (κ1) is 27.4. The molecule has 48 heavy (non-hydrogen) atoms. The summed E-state index contributed by atoms with van der Waals surface area (Å²) in [6.07, 6.45) is 0. The summed E-state index contributed by atoms with van der Waals surface area (Å²) in [5, 5.41) is 23.8. The SMILES string of the molecule is N#Cc1ccc(-n2c3ccc(C#N)cc3c3c(-c4cccc(-c5cccc6c7ccccc7n(-c7ccccc7)c56)c4)cccc32)cc1. The lowest BCUT2D eigenvalue weighted by Crippen LogP contribution is -1.95. The van der Waals surface area contributed by atoms with Gasteiger partial charge < -0.3 is 9.13 Å². The lowest BCUT2D eigenvalue weighted by molar-refractivity contribution is 1.18. The molecular weight excluding hydrogens is 585 g/mol. The van der Waals surface area contributed by atoms with Crippen LogP contribution in [-0.2, 0) is 0 Å². The van der Waals surface area contributed by atoms with Crippen LogP contribution in [0.15, 0.2) is 158 Å². The first-order valence-corrected chi connectivity index (χ1v) is 15.9. The Morgan fingerprint density at radius 1 is 0.396 bits per heavy atom. The van der Waals surface area contributed by atoms with Gasteiger partial charge in [-0.15, -0.1) is 0 Å². The smallest absolute Gasteiger partial charge is 0.0991 e. The van der Waals surface area contributed by atoms with Crippen molar-refractivity contribution in [3.8, 4) is 45.8 Å². The summed E-state index contributed by atoms with van der Waals surface area (Å²) in [6, 6.07) is 59.1. The summed E-state index contributed by atoms with van der Waals surface area (Å²) in [5.74, 6) is 0. The van der Waals surface area contributed by atoms with Crippen LogP contribution < -0.4 is 0 Å². The minimum Gasteiger partial charge on any atom is -0.309 e. The predicted molar refractivity (Wildman–Crippen MR) is 195 cm³/mol. The van der Waals surface area contributed by atoms with E-state index in [0.29, 0.717) is 11.1 Å². The fraction of sp³-hybridized carbons (Fsp3) is 0. The molecule has 0 N–H and O–H groups in total. The van der Waals surface area contributed by atoms with Crippen LogP contribution in [0.2, 0.25) is 0 Å². The van der Waals surface area contributed by atoms with Crippen LogP contribution in [0.4, 0.5) is 0 Å². The number of fused-ring (bicyclic) bond motifs is 6. The molecule has 0 bridgehead atoms. The van der Waals surface area contributed by atoms with E-state index >= 15 is 0 Å². The van der Waals surface area contributed by atoms with Crippen molar-refractivity contribution >= 4 is 43.6 Å². The molecule has 9 rings (SSSR count). The highest BCUT2D eigenvalue weighted by atomic mass is 15.0. The van der Waals surface area contributed by atoms with Crippen LogP contribution >= 0.6 is 0 Å². The van der Waals surface area contributed by atoms with Gasteiger partial charge in [-0.05, 0) is 89.5 Å². The predicted octanol–water partition coefficient (Wildman–Crippen LogP) is 11.0. The lowest BCUT2D eigenvalue weighted by atomic mass is 9.94. The maximum Gasteiger partial charge on any atom is 0.0991 e. The van der Waals surface area contributed by atoms with Crippen molar-refractivity contribution in [3.05, 3.63) is 169 Å². The van der Waals surface area contributed by atoms with Gasteiger partial charge in [-0.1, -0.05) is 84.9 Å². The van der Waals surface area contributed by atoms with Gasteiger partial charge in [0.1, 0.15) is 0 Å². The fourth-order valence-electron chi connectivity index (χ4n) is 7.29. The van der Waals surface area contributed by atoms with Gasteiger partial charge in [0.25, 0.3) is 0 Å². The fourth-order valence-corrected chi connectivity index (χ4v) is 7.29.